The van der Waals surface area contributed by atoms with Crippen molar-refractivity contribution in [2.75, 3.05) is 38.2 Å². The van der Waals surface area contributed by atoms with E-state index in [9.17, 15) is 4.39 Å². The van der Waals surface area contributed by atoms with Crippen molar-refractivity contribution in [3.63, 3.8) is 0 Å². The minimum Gasteiger partial charge on any atom is -0.494 e. The van der Waals surface area contributed by atoms with Crippen molar-refractivity contribution >= 4 is 5.69 Å². The maximum absolute atomic E-state index is 13.8. The van der Waals surface area contributed by atoms with Gasteiger partial charge >= 0.3 is 0 Å². The topological polar surface area (TPSA) is 15.7 Å². The molecule has 0 N–H and O–H groups in total. The van der Waals surface area contributed by atoms with Crippen LogP contribution in [-0.2, 0) is 0 Å². The highest BCUT2D eigenvalue weighted by Gasteiger charge is 2.28. The van der Waals surface area contributed by atoms with Gasteiger partial charge in [0.2, 0.25) is 0 Å². The first-order chi connectivity index (χ1) is 9.28. The highest BCUT2D eigenvalue weighted by atomic mass is 19.1. The van der Waals surface area contributed by atoms with Gasteiger partial charge in [0.05, 0.1) is 7.11 Å². The molecule has 3 nitrogen and oxygen atoms in total. The normalized spacial score (nSPS) is 24.1. The molecule has 0 spiro atoms. The predicted octanol–water partition coefficient (Wildman–Crippen LogP) is 2.51. The Bertz CT molecular complexity index is 452. The molecule has 2 heterocycles. The van der Waals surface area contributed by atoms with Crippen LogP contribution >= 0.6 is 0 Å². The van der Waals surface area contributed by atoms with Crippen molar-refractivity contribution in [1.82, 2.24) is 4.90 Å². The Kier molecular flexibility index (Phi) is 3.60. The van der Waals surface area contributed by atoms with Gasteiger partial charge in [-0.25, -0.2) is 4.39 Å². The molecule has 0 aliphatic carbocycles. The van der Waals surface area contributed by atoms with E-state index in [4.69, 9.17) is 4.74 Å². The molecular weight excluding hydrogens is 243 g/mol. The Morgan fingerprint density at radius 2 is 2.05 bits per heavy atom. The zero-order valence-electron chi connectivity index (χ0n) is 11.4. The Hall–Kier alpha value is -1.29. The summed E-state index contributed by atoms with van der Waals surface area (Å²) in [6.07, 6.45) is 3.73. The first-order valence-electron chi connectivity index (χ1n) is 7.10. The molecular formula is C15H21FN2O. The molecule has 0 bridgehead atoms. The number of nitrogens with zero attached hydrogens (tertiary/aromatic N) is 2. The van der Waals surface area contributed by atoms with E-state index in [1.54, 1.807) is 12.1 Å². The first kappa shape index (κ1) is 12.7. The van der Waals surface area contributed by atoms with E-state index in [-0.39, 0.29) is 5.82 Å². The molecule has 1 unspecified atom stereocenters. The monoisotopic (exact) mass is 264 g/mol. The van der Waals surface area contributed by atoms with Gasteiger partial charge in [0.1, 0.15) is 0 Å². The molecule has 1 atom stereocenters. The average molecular weight is 264 g/mol. The van der Waals surface area contributed by atoms with Crippen LogP contribution in [0, 0.1) is 5.82 Å². The molecule has 3 rings (SSSR count). The molecule has 19 heavy (non-hydrogen) atoms. The molecule has 2 aliphatic heterocycles. The first-order valence-corrected chi connectivity index (χ1v) is 7.10. The number of methoxy groups -OCH3 is 1. The summed E-state index contributed by atoms with van der Waals surface area (Å²) in [4.78, 5) is 4.90. The number of fused-ring (bicyclic) bond motifs is 1. The third-order valence-corrected chi connectivity index (χ3v) is 4.30. The van der Waals surface area contributed by atoms with Crippen LogP contribution in [0.4, 0.5) is 10.1 Å². The number of hydrogen-bond donors (Lipinski definition) is 0. The maximum atomic E-state index is 13.8. The van der Waals surface area contributed by atoms with Crippen molar-refractivity contribution in [2.24, 2.45) is 0 Å². The van der Waals surface area contributed by atoms with Crippen LogP contribution in [0.25, 0.3) is 0 Å². The van der Waals surface area contributed by atoms with Gasteiger partial charge in [-0.1, -0.05) is 0 Å². The highest BCUT2D eigenvalue weighted by Crippen LogP contribution is 2.27. The lowest BCUT2D eigenvalue weighted by Gasteiger charge is -2.27. The van der Waals surface area contributed by atoms with Gasteiger partial charge in [-0.2, -0.15) is 0 Å². The Balaban J connectivity index is 1.79. The summed E-state index contributed by atoms with van der Waals surface area (Å²) in [7, 11) is 1.50. The standard InChI is InChI=1S/C15H21FN2O/c1-19-15-6-5-12(10-14(15)16)18-9-3-8-17-7-2-4-13(17)11-18/h5-6,10,13H,2-4,7-9,11H2,1H3. The Labute approximate surface area is 114 Å². The SMILES string of the molecule is COc1ccc(N2CCCN3CCCC3C2)cc1F. The van der Waals surface area contributed by atoms with Crippen LogP contribution in [-0.4, -0.2) is 44.2 Å². The van der Waals surface area contributed by atoms with Gasteiger partial charge in [-0.3, -0.25) is 4.90 Å². The molecule has 1 aromatic carbocycles. The lowest BCUT2D eigenvalue weighted by Crippen LogP contribution is -2.36. The van der Waals surface area contributed by atoms with Crippen molar-refractivity contribution in [1.29, 1.82) is 0 Å². The zero-order chi connectivity index (χ0) is 13.2. The number of halogens is 1. The number of hydrogen-bond acceptors (Lipinski definition) is 3. The number of benzene rings is 1. The Morgan fingerprint density at radius 3 is 2.84 bits per heavy atom. The second kappa shape index (κ2) is 5.37. The van der Waals surface area contributed by atoms with E-state index >= 15 is 0 Å². The molecule has 0 amide bonds. The fraction of sp³-hybridized carbons (Fsp3) is 0.600. The summed E-state index contributed by atoms with van der Waals surface area (Å²) >= 11 is 0. The van der Waals surface area contributed by atoms with E-state index in [0.29, 0.717) is 11.8 Å². The molecule has 0 saturated carbocycles. The fourth-order valence-electron chi connectivity index (χ4n) is 3.29. The van der Waals surface area contributed by atoms with Crippen LogP contribution in [0.5, 0.6) is 5.75 Å². The molecule has 0 radical (unpaired) electrons. The second-order valence-electron chi connectivity index (χ2n) is 5.45. The molecule has 2 saturated heterocycles. The lowest BCUT2D eigenvalue weighted by atomic mass is 10.2. The molecule has 4 heteroatoms. The van der Waals surface area contributed by atoms with Crippen LogP contribution in [0.3, 0.4) is 0 Å². The smallest absolute Gasteiger partial charge is 0.167 e. The lowest BCUT2D eigenvalue weighted by molar-refractivity contribution is 0.273. The third kappa shape index (κ3) is 2.54. The quantitative estimate of drug-likeness (QED) is 0.816. The van der Waals surface area contributed by atoms with Gasteiger partial charge in [-0.15, -0.1) is 0 Å². The van der Waals surface area contributed by atoms with E-state index in [1.165, 1.54) is 33.0 Å². The molecule has 104 valence electrons. The summed E-state index contributed by atoms with van der Waals surface area (Å²) in [5.74, 6) is 0.0496. The maximum Gasteiger partial charge on any atom is 0.167 e. The second-order valence-corrected chi connectivity index (χ2v) is 5.45. The minimum absolute atomic E-state index is 0.271. The van der Waals surface area contributed by atoms with E-state index in [0.717, 1.165) is 25.2 Å². The average Bonchev–Trinajstić information content (AvgIpc) is 2.76. The van der Waals surface area contributed by atoms with E-state index in [2.05, 4.69) is 9.80 Å². The van der Waals surface area contributed by atoms with Gasteiger partial charge in [0, 0.05) is 37.4 Å². The number of ether oxygens (including phenoxy) is 1. The van der Waals surface area contributed by atoms with E-state index in [1.807, 2.05) is 6.07 Å². The van der Waals surface area contributed by atoms with E-state index < -0.39 is 0 Å². The molecule has 0 aromatic heterocycles. The van der Waals surface area contributed by atoms with Gasteiger partial charge in [-0.05, 0) is 37.9 Å². The van der Waals surface area contributed by atoms with Gasteiger partial charge < -0.3 is 9.64 Å². The molecule has 2 aliphatic rings. The van der Waals surface area contributed by atoms with Gasteiger partial charge in [0.15, 0.2) is 11.6 Å². The summed E-state index contributed by atoms with van der Waals surface area (Å²) in [6.45, 7) is 4.44. The molecule has 1 aromatic rings. The van der Waals surface area contributed by atoms with Crippen LogP contribution in [0.2, 0.25) is 0 Å². The highest BCUT2D eigenvalue weighted by molar-refractivity contribution is 5.50. The predicted molar refractivity (Wildman–Crippen MR) is 74.4 cm³/mol. The zero-order valence-corrected chi connectivity index (χ0v) is 11.4. The van der Waals surface area contributed by atoms with Crippen LogP contribution in [0.1, 0.15) is 19.3 Å². The van der Waals surface area contributed by atoms with Crippen molar-refractivity contribution in [3.8, 4) is 5.75 Å². The van der Waals surface area contributed by atoms with Crippen LogP contribution < -0.4 is 9.64 Å². The number of rotatable bonds is 2. The molecule has 2 fully saturated rings. The summed E-state index contributed by atoms with van der Waals surface area (Å²) in [5.41, 5.74) is 0.979. The fourth-order valence-corrected chi connectivity index (χ4v) is 3.29. The number of anilines is 1. The largest absolute Gasteiger partial charge is 0.494 e. The van der Waals surface area contributed by atoms with Crippen LogP contribution in [0.15, 0.2) is 18.2 Å². The Morgan fingerprint density at radius 1 is 1.21 bits per heavy atom. The summed E-state index contributed by atoms with van der Waals surface area (Å²) in [5, 5.41) is 0. The van der Waals surface area contributed by atoms with Crippen molar-refractivity contribution < 1.29 is 9.13 Å². The van der Waals surface area contributed by atoms with Crippen molar-refractivity contribution in [3.05, 3.63) is 24.0 Å². The van der Waals surface area contributed by atoms with Gasteiger partial charge in [0.25, 0.3) is 0 Å². The minimum atomic E-state index is -0.271. The summed E-state index contributed by atoms with van der Waals surface area (Å²) < 4.78 is 18.8. The van der Waals surface area contributed by atoms with Crippen molar-refractivity contribution in [2.45, 2.75) is 25.3 Å². The third-order valence-electron chi connectivity index (χ3n) is 4.30. The summed E-state index contributed by atoms with van der Waals surface area (Å²) in [6, 6.07) is 5.94.